The first-order valence-electron chi connectivity index (χ1n) is 7.47. The average molecular weight is 317 g/mol. The number of rotatable bonds is 5. The van der Waals surface area contributed by atoms with E-state index in [9.17, 15) is 9.90 Å². The lowest BCUT2D eigenvalue weighted by molar-refractivity contribution is 0.0585. The van der Waals surface area contributed by atoms with Crippen molar-refractivity contribution in [3.63, 3.8) is 0 Å². The zero-order chi connectivity index (χ0) is 17.0. The van der Waals surface area contributed by atoms with Crippen molar-refractivity contribution in [2.45, 2.75) is 26.9 Å². The molecule has 1 aromatic heterocycles. The molecule has 0 spiro atoms. The molecule has 1 atom stereocenters. The van der Waals surface area contributed by atoms with Crippen molar-refractivity contribution >= 4 is 5.91 Å². The molecule has 0 aliphatic carbocycles. The number of carbonyl (C=O) groups is 1. The molecule has 0 aliphatic rings. The van der Waals surface area contributed by atoms with Crippen LogP contribution in [0.15, 0.2) is 30.3 Å². The topological polar surface area (TPSA) is 87.2 Å². The molecule has 6 heteroatoms. The van der Waals surface area contributed by atoms with Gasteiger partial charge >= 0.3 is 0 Å². The Balaban J connectivity index is 2.05. The lowest BCUT2D eigenvalue weighted by Gasteiger charge is -2.25. The molecule has 0 fully saturated rings. The van der Waals surface area contributed by atoms with E-state index in [0.29, 0.717) is 11.4 Å². The Morgan fingerprint density at radius 3 is 2.78 bits per heavy atom. The Hall–Kier alpha value is -2.34. The van der Waals surface area contributed by atoms with Gasteiger partial charge in [-0.05, 0) is 23.6 Å². The average Bonchev–Trinajstić information content (AvgIpc) is 3.01. The molecule has 2 rings (SSSR count). The van der Waals surface area contributed by atoms with Crippen LogP contribution in [0.2, 0.25) is 0 Å². The van der Waals surface area contributed by atoms with Gasteiger partial charge in [0.1, 0.15) is 11.4 Å². The van der Waals surface area contributed by atoms with E-state index in [1.807, 2.05) is 45.0 Å². The summed E-state index contributed by atoms with van der Waals surface area (Å²) in [5.41, 5.74) is 1.58. The van der Waals surface area contributed by atoms with E-state index in [-0.39, 0.29) is 17.9 Å². The van der Waals surface area contributed by atoms with Gasteiger partial charge in [0.2, 0.25) is 0 Å². The molecule has 1 unspecified atom stereocenters. The minimum atomic E-state index is -0.618. The van der Waals surface area contributed by atoms with Crippen LogP contribution in [0, 0.1) is 5.41 Å². The first kappa shape index (κ1) is 17.0. The number of carbonyl (C=O) groups excluding carboxylic acids is 1. The maximum atomic E-state index is 12.1. The number of hydrogen-bond donors (Lipinski definition) is 3. The van der Waals surface area contributed by atoms with Crippen molar-refractivity contribution in [2.75, 3.05) is 13.7 Å². The van der Waals surface area contributed by atoms with Crippen molar-refractivity contribution in [1.82, 2.24) is 15.5 Å². The molecule has 0 saturated carbocycles. The summed E-state index contributed by atoms with van der Waals surface area (Å²) >= 11 is 0. The molecule has 1 amide bonds. The Labute approximate surface area is 135 Å². The predicted octanol–water partition coefficient (Wildman–Crippen LogP) is 2.22. The fourth-order valence-electron chi connectivity index (χ4n) is 1.96. The van der Waals surface area contributed by atoms with E-state index in [1.54, 1.807) is 13.2 Å². The molecule has 6 nitrogen and oxygen atoms in total. The standard InChI is InChI=1S/C17H23N3O3/c1-17(2,3)15(21)10-18-16(22)14-9-13(19-20-14)11-6-5-7-12(8-11)23-4/h5-9,15,21H,10H2,1-4H3,(H,18,22)(H,19,20). The fraction of sp³-hybridized carbons (Fsp3) is 0.412. The summed E-state index contributed by atoms with van der Waals surface area (Å²) in [5, 5.41) is 19.6. The number of aliphatic hydroxyl groups is 1. The zero-order valence-electron chi connectivity index (χ0n) is 13.9. The van der Waals surface area contributed by atoms with Gasteiger partial charge in [0.25, 0.3) is 5.91 Å². The van der Waals surface area contributed by atoms with Crippen LogP contribution in [0.3, 0.4) is 0 Å². The Morgan fingerprint density at radius 2 is 2.13 bits per heavy atom. The highest BCUT2D eigenvalue weighted by Crippen LogP contribution is 2.22. The number of benzene rings is 1. The van der Waals surface area contributed by atoms with Crippen LogP contribution in [0.1, 0.15) is 31.3 Å². The molecule has 0 radical (unpaired) electrons. The summed E-state index contributed by atoms with van der Waals surface area (Å²) in [6.45, 7) is 5.94. The zero-order valence-corrected chi connectivity index (χ0v) is 13.9. The smallest absolute Gasteiger partial charge is 0.269 e. The van der Waals surface area contributed by atoms with Crippen LogP contribution < -0.4 is 10.1 Å². The van der Waals surface area contributed by atoms with Crippen molar-refractivity contribution in [1.29, 1.82) is 0 Å². The van der Waals surface area contributed by atoms with Gasteiger partial charge < -0.3 is 15.2 Å². The van der Waals surface area contributed by atoms with Crippen molar-refractivity contribution in [2.24, 2.45) is 5.41 Å². The number of aromatic nitrogens is 2. The van der Waals surface area contributed by atoms with Gasteiger partial charge in [-0.2, -0.15) is 5.10 Å². The van der Waals surface area contributed by atoms with Gasteiger partial charge in [-0.25, -0.2) is 0 Å². The number of H-pyrrole nitrogens is 1. The molecule has 1 aromatic carbocycles. The molecular weight excluding hydrogens is 294 g/mol. The first-order chi connectivity index (χ1) is 10.8. The minimum absolute atomic E-state index is 0.190. The van der Waals surface area contributed by atoms with Gasteiger partial charge in [-0.15, -0.1) is 0 Å². The van der Waals surface area contributed by atoms with Crippen LogP contribution in [0.5, 0.6) is 5.75 Å². The third-order valence-electron chi connectivity index (χ3n) is 3.64. The lowest BCUT2D eigenvalue weighted by atomic mass is 9.89. The summed E-state index contributed by atoms with van der Waals surface area (Å²) in [5.74, 6) is 0.430. The summed E-state index contributed by atoms with van der Waals surface area (Å²) in [6.07, 6.45) is -0.618. The predicted molar refractivity (Wildman–Crippen MR) is 88.4 cm³/mol. The largest absolute Gasteiger partial charge is 0.497 e. The Morgan fingerprint density at radius 1 is 1.39 bits per heavy atom. The summed E-state index contributed by atoms with van der Waals surface area (Å²) < 4.78 is 5.18. The number of amides is 1. The van der Waals surface area contributed by atoms with Gasteiger partial charge in [-0.3, -0.25) is 9.89 Å². The van der Waals surface area contributed by atoms with E-state index in [0.717, 1.165) is 11.3 Å². The van der Waals surface area contributed by atoms with Crippen LogP contribution in [-0.2, 0) is 0 Å². The molecule has 2 aromatic rings. The number of methoxy groups -OCH3 is 1. The summed E-state index contributed by atoms with van der Waals surface area (Å²) in [4.78, 5) is 12.1. The highest BCUT2D eigenvalue weighted by molar-refractivity contribution is 5.93. The van der Waals surface area contributed by atoms with Gasteiger partial charge in [0.15, 0.2) is 0 Å². The second kappa shape index (κ2) is 6.83. The van der Waals surface area contributed by atoms with E-state index < -0.39 is 6.10 Å². The van der Waals surface area contributed by atoms with E-state index in [4.69, 9.17) is 4.74 Å². The third kappa shape index (κ3) is 4.32. The molecule has 1 heterocycles. The molecular formula is C17H23N3O3. The summed E-state index contributed by atoms with van der Waals surface area (Å²) in [6, 6.07) is 9.12. The van der Waals surface area contributed by atoms with Crippen molar-refractivity contribution in [3.05, 3.63) is 36.0 Å². The summed E-state index contributed by atoms with van der Waals surface area (Å²) in [7, 11) is 1.60. The van der Waals surface area contributed by atoms with Crippen LogP contribution in [0.4, 0.5) is 0 Å². The van der Waals surface area contributed by atoms with E-state index in [2.05, 4.69) is 15.5 Å². The second-order valence-corrected chi connectivity index (χ2v) is 6.49. The molecule has 0 bridgehead atoms. The van der Waals surface area contributed by atoms with Crippen molar-refractivity contribution < 1.29 is 14.6 Å². The maximum absolute atomic E-state index is 12.1. The van der Waals surface area contributed by atoms with Gasteiger partial charge in [0.05, 0.1) is 18.9 Å². The van der Waals surface area contributed by atoms with Crippen LogP contribution >= 0.6 is 0 Å². The minimum Gasteiger partial charge on any atom is -0.497 e. The number of ether oxygens (including phenoxy) is 1. The van der Waals surface area contributed by atoms with Crippen molar-refractivity contribution in [3.8, 4) is 17.0 Å². The van der Waals surface area contributed by atoms with Gasteiger partial charge in [0, 0.05) is 12.1 Å². The number of nitrogens with zero attached hydrogens (tertiary/aromatic N) is 1. The normalized spacial score (nSPS) is 12.7. The maximum Gasteiger partial charge on any atom is 0.269 e. The van der Waals surface area contributed by atoms with Crippen LogP contribution in [-0.4, -0.2) is 41.0 Å². The molecule has 23 heavy (non-hydrogen) atoms. The number of aliphatic hydroxyl groups excluding tert-OH is 1. The highest BCUT2D eigenvalue weighted by atomic mass is 16.5. The number of nitrogens with one attached hydrogen (secondary N) is 2. The third-order valence-corrected chi connectivity index (χ3v) is 3.64. The quantitative estimate of drug-likeness (QED) is 0.789. The first-order valence-corrected chi connectivity index (χ1v) is 7.47. The Bertz CT molecular complexity index is 674. The molecule has 0 saturated heterocycles. The van der Waals surface area contributed by atoms with Gasteiger partial charge in [-0.1, -0.05) is 32.9 Å². The van der Waals surface area contributed by atoms with E-state index in [1.165, 1.54) is 0 Å². The number of aromatic amines is 1. The second-order valence-electron chi connectivity index (χ2n) is 6.49. The lowest BCUT2D eigenvalue weighted by Crippen LogP contribution is -2.39. The molecule has 0 aliphatic heterocycles. The Kier molecular flexibility index (Phi) is 5.05. The fourth-order valence-corrected chi connectivity index (χ4v) is 1.96. The molecule has 3 N–H and O–H groups in total. The monoisotopic (exact) mass is 317 g/mol. The number of hydrogen-bond acceptors (Lipinski definition) is 4. The molecule has 124 valence electrons. The highest BCUT2D eigenvalue weighted by Gasteiger charge is 2.23. The van der Waals surface area contributed by atoms with Crippen LogP contribution in [0.25, 0.3) is 11.3 Å². The van der Waals surface area contributed by atoms with E-state index >= 15 is 0 Å². The SMILES string of the molecule is COc1cccc(-c2cc(C(=O)NCC(O)C(C)(C)C)[nH]n2)c1.